The van der Waals surface area contributed by atoms with Gasteiger partial charge in [-0.1, -0.05) is 6.07 Å². The number of alkyl halides is 3. The lowest BCUT2D eigenvalue weighted by Crippen LogP contribution is -2.48. The van der Waals surface area contributed by atoms with Gasteiger partial charge in [0.05, 0.1) is 0 Å². The van der Waals surface area contributed by atoms with Crippen molar-refractivity contribution in [2.45, 2.75) is 31.1 Å². The van der Waals surface area contributed by atoms with Gasteiger partial charge in [0.15, 0.2) is 0 Å². The summed E-state index contributed by atoms with van der Waals surface area (Å²) >= 11 is 0. The van der Waals surface area contributed by atoms with Crippen molar-refractivity contribution in [3.8, 4) is 0 Å². The summed E-state index contributed by atoms with van der Waals surface area (Å²) in [6.45, 7) is 0.324. The van der Waals surface area contributed by atoms with E-state index in [0.717, 1.165) is 12.1 Å². The molecule has 0 saturated carbocycles. The molecule has 9 heteroatoms. The third kappa shape index (κ3) is 4.54. The van der Waals surface area contributed by atoms with E-state index in [2.05, 4.69) is 5.32 Å². The lowest BCUT2D eigenvalue weighted by molar-refractivity contribution is -0.174. The van der Waals surface area contributed by atoms with E-state index in [0.29, 0.717) is 13.0 Å². The van der Waals surface area contributed by atoms with Gasteiger partial charge in [-0.15, -0.1) is 12.4 Å². The standard InChI is InChI=1S/C13H13F5N2O.ClH/c14-7-1-2-9(10(15)5-7)11-6-8(3-4-19-11)20-12(21)13(16,17)18;/h1-2,5,8,11,19H,3-4,6H2,(H,20,21);1H/t8-,11+;/m1./s1. The molecule has 1 heterocycles. The molecule has 1 aliphatic heterocycles. The quantitative estimate of drug-likeness (QED) is 0.810. The summed E-state index contributed by atoms with van der Waals surface area (Å²) < 4.78 is 63.1. The molecule has 22 heavy (non-hydrogen) atoms. The van der Waals surface area contributed by atoms with Crippen LogP contribution in [0.1, 0.15) is 24.4 Å². The van der Waals surface area contributed by atoms with Crippen LogP contribution in [0.3, 0.4) is 0 Å². The number of hydrogen-bond acceptors (Lipinski definition) is 2. The maximum atomic E-state index is 13.7. The molecule has 2 N–H and O–H groups in total. The Bertz CT molecular complexity index is 538. The summed E-state index contributed by atoms with van der Waals surface area (Å²) in [5, 5.41) is 4.83. The summed E-state index contributed by atoms with van der Waals surface area (Å²) in [5.74, 6) is -3.50. The van der Waals surface area contributed by atoms with Crippen molar-refractivity contribution < 1.29 is 26.7 Å². The summed E-state index contributed by atoms with van der Waals surface area (Å²) in [5.41, 5.74) is 0.169. The Morgan fingerprint density at radius 1 is 1.27 bits per heavy atom. The third-order valence-corrected chi connectivity index (χ3v) is 3.33. The highest BCUT2D eigenvalue weighted by Crippen LogP contribution is 2.26. The Morgan fingerprint density at radius 2 is 1.95 bits per heavy atom. The summed E-state index contributed by atoms with van der Waals surface area (Å²) in [7, 11) is 0. The zero-order valence-corrected chi connectivity index (χ0v) is 12.0. The first kappa shape index (κ1) is 18.6. The van der Waals surface area contributed by atoms with Gasteiger partial charge < -0.3 is 10.6 Å². The molecule has 0 unspecified atom stereocenters. The predicted molar refractivity (Wildman–Crippen MR) is 71.6 cm³/mol. The Balaban J connectivity index is 0.00000242. The second-order valence-corrected chi connectivity index (χ2v) is 4.87. The van der Waals surface area contributed by atoms with Gasteiger partial charge in [0.25, 0.3) is 0 Å². The SMILES string of the molecule is Cl.O=C(N[C@@H]1CCN[C@H](c2ccc(F)cc2F)C1)C(F)(F)F. The van der Waals surface area contributed by atoms with E-state index < -0.39 is 35.8 Å². The lowest BCUT2D eigenvalue weighted by Gasteiger charge is -2.31. The van der Waals surface area contributed by atoms with Gasteiger partial charge in [-0.05, 0) is 25.5 Å². The van der Waals surface area contributed by atoms with Gasteiger partial charge in [0.1, 0.15) is 11.6 Å². The monoisotopic (exact) mass is 344 g/mol. The van der Waals surface area contributed by atoms with Crippen molar-refractivity contribution in [1.82, 2.24) is 10.6 Å². The van der Waals surface area contributed by atoms with Crippen molar-refractivity contribution >= 4 is 18.3 Å². The van der Waals surface area contributed by atoms with Gasteiger partial charge in [-0.25, -0.2) is 8.78 Å². The molecule has 1 amide bonds. The van der Waals surface area contributed by atoms with Crippen LogP contribution in [0.25, 0.3) is 0 Å². The van der Waals surface area contributed by atoms with Gasteiger partial charge in [0, 0.05) is 23.7 Å². The average molecular weight is 345 g/mol. The van der Waals surface area contributed by atoms with Crippen LogP contribution in [0.4, 0.5) is 22.0 Å². The molecule has 1 aliphatic rings. The molecule has 3 nitrogen and oxygen atoms in total. The van der Waals surface area contributed by atoms with Crippen LogP contribution in [0.2, 0.25) is 0 Å². The minimum Gasteiger partial charge on any atom is -0.345 e. The highest BCUT2D eigenvalue weighted by molar-refractivity contribution is 5.85. The Morgan fingerprint density at radius 3 is 2.55 bits per heavy atom. The fraction of sp³-hybridized carbons (Fsp3) is 0.462. The molecule has 1 saturated heterocycles. The summed E-state index contributed by atoms with van der Waals surface area (Å²) in [6.07, 6.45) is -4.53. The fourth-order valence-electron chi connectivity index (χ4n) is 2.34. The normalized spacial score (nSPS) is 21.9. The van der Waals surface area contributed by atoms with Gasteiger partial charge >= 0.3 is 12.1 Å². The maximum absolute atomic E-state index is 13.7. The van der Waals surface area contributed by atoms with Crippen LogP contribution in [0, 0.1) is 11.6 Å². The van der Waals surface area contributed by atoms with E-state index in [9.17, 15) is 26.7 Å². The maximum Gasteiger partial charge on any atom is 0.471 e. The molecule has 1 aromatic carbocycles. The number of rotatable bonds is 2. The number of benzene rings is 1. The molecule has 0 spiro atoms. The number of halogens is 6. The first-order valence-corrected chi connectivity index (χ1v) is 6.33. The van der Waals surface area contributed by atoms with Crippen LogP contribution in [-0.4, -0.2) is 24.7 Å². The molecular formula is C13H14ClF5N2O. The van der Waals surface area contributed by atoms with Crippen molar-refractivity contribution in [1.29, 1.82) is 0 Å². The predicted octanol–water partition coefficient (Wildman–Crippen LogP) is 2.86. The molecule has 2 atom stereocenters. The minimum absolute atomic E-state index is 0. The second-order valence-electron chi connectivity index (χ2n) is 4.87. The molecule has 0 aliphatic carbocycles. The molecule has 0 aromatic heterocycles. The number of hydrogen-bond donors (Lipinski definition) is 2. The van der Waals surface area contributed by atoms with Crippen LogP contribution >= 0.6 is 12.4 Å². The molecule has 1 aromatic rings. The number of amides is 1. The third-order valence-electron chi connectivity index (χ3n) is 3.33. The largest absolute Gasteiger partial charge is 0.471 e. The molecule has 1 fully saturated rings. The second kappa shape index (κ2) is 7.23. The lowest BCUT2D eigenvalue weighted by atomic mass is 9.93. The molecule has 0 radical (unpaired) electrons. The van der Waals surface area contributed by atoms with Gasteiger partial charge in [-0.2, -0.15) is 13.2 Å². The number of nitrogens with one attached hydrogen (secondary N) is 2. The van der Waals surface area contributed by atoms with Crippen LogP contribution < -0.4 is 10.6 Å². The van der Waals surface area contributed by atoms with E-state index in [1.807, 2.05) is 5.32 Å². The summed E-state index contributed by atoms with van der Waals surface area (Å²) in [4.78, 5) is 10.9. The van der Waals surface area contributed by atoms with Crippen molar-refractivity contribution in [3.63, 3.8) is 0 Å². The van der Waals surface area contributed by atoms with Crippen molar-refractivity contribution in [3.05, 3.63) is 35.4 Å². The van der Waals surface area contributed by atoms with Crippen LogP contribution in [-0.2, 0) is 4.79 Å². The Labute approximate surface area is 129 Å². The van der Waals surface area contributed by atoms with Crippen molar-refractivity contribution in [2.24, 2.45) is 0 Å². The van der Waals surface area contributed by atoms with Crippen molar-refractivity contribution in [2.75, 3.05) is 6.54 Å². The van der Waals surface area contributed by atoms with Crippen LogP contribution in [0.15, 0.2) is 18.2 Å². The molecule has 124 valence electrons. The number of piperidine rings is 1. The highest BCUT2D eigenvalue weighted by Gasteiger charge is 2.40. The Kier molecular flexibility index (Phi) is 6.13. The first-order valence-electron chi connectivity index (χ1n) is 6.33. The smallest absolute Gasteiger partial charge is 0.345 e. The topological polar surface area (TPSA) is 41.1 Å². The number of carbonyl (C=O) groups excluding carboxylic acids is 1. The summed E-state index contributed by atoms with van der Waals surface area (Å²) in [6, 6.07) is 1.76. The minimum atomic E-state index is -4.94. The number of carbonyl (C=O) groups is 1. The Hall–Kier alpha value is -1.41. The van der Waals surface area contributed by atoms with Gasteiger partial charge in [-0.3, -0.25) is 4.79 Å². The zero-order valence-electron chi connectivity index (χ0n) is 11.2. The molecular weight excluding hydrogens is 331 g/mol. The highest BCUT2D eigenvalue weighted by atomic mass is 35.5. The fourth-order valence-corrected chi connectivity index (χ4v) is 2.34. The van der Waals surface area contributed by atoms with Gasteiger partial charge in [0.2, 0.25) is 0 Å². The van der Waals surface area contributed by atoms with E-state index in [1.165, 1.54) is 6.07 Å². The van der Waals surface area contributed by atoms with Crippen LogP contribution in [0.5, 0.6) is 0 Å². The van der Waals surface area contributed by atoms with E-state index >= 15 is 0 Å². The first-order chi connectivity index (χ1) is 9.77. The zero-order chi connectivity index (χ0) is 15.6. The molecule has 0 bridgehead atoms. The van der Waals surface area contributed by atoms with E-state index in [1.54, 1.807) is 0 Å². The average Bonchev–Trinajstić information content (AvgIpc) is 2.37. The van der Waals surface area contributed by atoms with E-state index in [-0.39, 0.29) is 24.4 Å². The molecule has 2 rings (SSSR count). The van der Waals surface area contributed by atoms with E-state index in [4.69, 9.17) is 0 Å².